The van der Waals surface area contributed by atoms with Gasteiger partial charge in [0.15, 0.2) is 0 Å². The topological polar surface area (TPSA) is 67.4 Å². The molecule has 0 aliphatic carbocycles. The third-order valence-corrected chi connectivity index (χ3v) is 2.05. The normalized spacial score (nSPS) is 10.7. The zero-order valence-corrected chi connectivity index (χ0v) is 11.2. The van der Waals surface area contributed by atoms with Crippen LogP contribution in [0.25, 0.3) is 0 Å². The lowest BCUT2D eigenvalue weighted by Crippen LogP contribution is -2.33. The van der Waals surface area contributed by atoms with Crippen molar-refractivity contribution < 1.29 is 14.3 Å². The molecule has 2 N–H and O–H groups in total. The molecule has 0 bridgehead atoms. The van der Waals surface area contributed by atoms with E-state index in [0.29, 0.717) is 13.1 Å². The zero-order valence-electron chi connectivity index (χ0n) is 11.2. The van der Waals surface area contributed by atoms with E-state index in [1.165, 1.54) is 0 Å². The number of carbonyl (C=O) groups is 2. The van der Waals surface area contributed by atoms with Crippen LogP contribution >= 0.6 is 0 Å². The molecular weight excluding hydrogens is 220 g/mol. The van der Waals surface area contributed by atoms with E-state index in [-0.39, 0.29) is 30.4 Å². The fourth-order valence-corrected chi connectivity index (χ4v) is 1.03. The minimum atomic E-state index is -0.117. The van der Waals surface area contributed by atoms with E-state index in [9.17, 15) is 9.59 Å². The molecular formula is C12H24N2O3. The first-order chi connectivity index (χ1) is 7.93. The minimum absolute atomic E-state index is 0.00373. The number of hydrogen-bond donors (Lipinski definition) is 2. The van der Waals surface area contributed by atoms with Crippen LogP contribution in [0.4, 0.5) is 0 Å². The Hall–Kier alpha value is -1.10. The maximum Gasteiger partial charge on any atom is 0.246 e. The molecule has 100 valence electrons. The van der Waals surface area contributed by atoms with Gasteiger partial charge in [-0.25, -0.2) is 0 Å². The molecule has 5 heteroatoms. The Morgan fingerprint density at radius 3 is 2.18 bits per heavy atom. The van der Waals surface area contributed by atoms with Gasteiger partial charge in [-0.1, -0.05) is 13.8 Å². The lowest BCUT2D eigenvalue weighted by molar-refractivity contribution is -0.127. The van der Waals surface area contributed by atoms with Crippen molar-refractivity contribution in [1.29, 1.82) is 0 Å². The van der Waals surface area contributed by atoms with Crippen LogP contribution in [0.1, 0.15) is 34.1 Å². The standard InChI is InChI=1S/C12H24N2O3/c1-9(2)12(16)14-7-5-6-13-11(15)8-17-10(3)4/h9-10H,5-8H2,1-4H3,(H,13,15)(H,14,16). The third-order valence-electron chi connectivity index (χ3n) is 2.05. The molecule has 0 unspecified atom stereocenters. The molecule has 0 rings (SSSR count). The van der Waals surface area contributed by atoms with Crippen molar-refractivity contribution in [2.45, 2.75) is 40.2 Å². The molecule has 0 fully saturated rings. The van der Waals surface area contributed by atoms with Gasteiger partial charge in [0.2, 0.25) is 11.8 Å². The Kier molecular flexibility index (Phi) is 8.40. The van der Waals surface area contributed by atoms with Crippen LogP contribution in [0.3, 0.4) is 0 Å². The van der Waals surface area contributed by atoms with Gasteiger partial charge in [-0.2, -0.15) is 0 Å². The largest absolute Gasteiger partial charge is 0.369 e. The van der Waals surface area contributed by atoms with Crippen molar-refractivity contribution in [3.05, 3.63) is 0 Å². The number of hydrogen-bond acceptors (Lipinski definition) is 3. The highest BCUT2D eigenvalue weighted by Crippen LogP contribution is 1.90. The molecule has 0 spiro atoms. The van der Waals surface area contributed by atoms with Crippen molar-refractivity contribution >= 4 is 11.8 Å². The average molecular weight is 244 g/mol. The fourth-order valence-electron chi connectivity index (χ4n) is 1.03. The molecule has 0 saturated heterocycles. The Bertz CT molecular complexity index is 240. The van der Waals surface area contributed by atoms with Gasteiger partial charge in [0.1, 0.15) is 6.61 Å². The Balaban J connectivity index is 3.39. The summed E-state index contributed by atoms with van der Waals surface area (Å²) in [7, 11) is 0. The molecule has 0 heterocycles. The lowest BCUT2D eigenvalue weighted by Gasteiger charge is -2.09. The maximum absolute atomic E-state index is 11.2. The van der Waals surface area contributed by atoms with E-state index in [0.717, 1.165) is 6.42 Å². The minimum Gasteiger partial charge on any atom is -0.369 e. The van der Waals surface area contributed by atoms with Crippen LogP contribution in [0.5, 0.6) is 0 Å². The number of rotatable bonds is 8. The van der Waals surface area contributed by atoms with E-state index in [4.69, 9.17) is 4.74 Å². The molecule has 0 aliphatic heterocycles. The summed E-state index contributed by atoms with van der Waals surface area (Å²) in [6, 6.07) is 0. The molecule has 0 radical (unpaired) electrons. The van der Waals surface area contributed by atoms with Gasteiger partial charge in [0, 0.05) is 19.0 Å². The van der Waals surface area contributed by atoms with Gasteiger partial charge in [0.25, 0.3) is 0 Å². The zero-order chi connectivity index (χ0) is 13.3. The van der Waals surface area contributed by atoms with Crippen LogP contribution < -0.4 is 10.6 Å². The van der Waals surface area contributed by atoms with E-state index >= 15 is 0 Å². The number of ether oxygens (including phenoxy) is 1. The second-order valence-corrected chi connectivity index (χ2v) is 4.51. The second-order valence-electron chi connectivity index (χ2n) is 4.51. The van der Waals surface area contributed by atoms with Gasteiger partial charge in [-0.3, -0.25) is 9.59 Å². The number of carbonyl (C=O) groups excluding carboxylic acids is 2. The summed E-state index contributed by atoms with van der Waals surface area (Å²) in [4.78, 5) is 22.4. The Morgan fingerprint density at radius 2 is 1.65 bits per heavy atom. The third kappa shape index (κ3) is 9.81. The van der Waals surface area contributed by atoms with Crippen molar-refractivity contribution in [3.8, 4) is 0 Å². The molecule has 0 aromatic rings. The Morgan fingerprint density at radius 1 is 1.06 bits per heavy atom. The summed E-state index contributed by atoms with van der Waals surface area (Å²) in [6.07, 6.45) is 0.789. The molecule has 0 atom stereocenters. The molecule has 0 aromatic carbocycles. The molecule has 0 saturated carbocycles. The van der Waals surface area contributed by atoms with E-state index in [2.05, 4.69) is 10.6 Å². The predicted octanol–water partition coefficient (Wildman–Crippen LogP) is 0.690. The molecule has 0 aliphatic rings. The van der Waals surface area contributed by atoms with Crippen molar-refractivity contribution in [2.75, 3.05) is 19.7 Å². The number of amides is 2. The van der Waals surface area contributed by atoms with Crippen LogP contribution in [-0.2, 0) is 14.3 Å². The first kappa shape index (κ1) is 15.9. The first-order valence-electron chi connectivity index (χ1n) is 6.09. The van der Waals surface area contributed by atoms with Crippen molar-refractivity contribution in [3.63, 3.8) is 0 Å². The van der Waals surface area contributed by atoms with E-state index < -0.39 is 0 Å². The van der Waals surface area contributed by atoms with Gasteiger partial charge < -0.3 is 15.4 Å². The summed E-state index contributed by atoms with van der Waals surface area (Å²) in [5.74, 6) is -0.0719. The van der Waals surface area contributed by atoms with Crippen LogP contribution in [0.15, 0.2) is 0 Å². The summed E-state index contributed by atoms with van der Waals surface area (Å²) in [5, 5.41) is 5.51. The van der Waals surface area contributed by atoms with Gasteiger partial charge >= 0.3 is 0 Å². The van der Waals surface area contributed by atoms with Gasteiger partial charge in [-0.05, 0) is 20.3 Å². The summed E-state index contributed by atoms with van der Waals surface area (Å²) in [5.41, 5.74) is 0. The molecule has 17 heavy (non-hydrogen) atoms. The van der Waals surface area contributed by atoms with Crippen LogP contribution in [0, 0.1) is 5.92 Å². The lowest BCUT2D eigenvalue weighted by atomic mass is 10.2. The summed E-state index contributed by atoms with van der Waals surface area (Å²) < 4.78 is 5.15. The summed E-state index contributed by atoms with van der Waals surface area (Å²) >= 11 is 0. The first-order valence-corrected chi connectivity index (χ1v) is 6.09. The SMILES string of the molecule is CC(C)OCC(=O)NCCCNC(=O)C(C)C. The average Bonchev–Trinajstić information content (AvgIpc) is 2.25. The van der Waals surface area contributed by atoms with Crippen LogP contribution in [0.2, 0.25) is 0 Å². The van der Waals surface area contributed by atoms with Crippen molar-refractivity contribution in [1.82, 2.24) is 10.6 Å². The van der Waals surface area contributed by atoms with E-state index in [1.807, 2.05) is 27.7 Å². The molecule has 2 amide bonds. The molecule has 5 nitrogen and oxygen atoms in total. The quantitative estimate of drug-likeness (QED) is 0.617. The summed E-state index contributed by atoms with van der Waals surface area (Å²) in [6.45, 7) is 8.70. The smallest absolute Gasteiger partial charge is 0.246 e. The van der Waals surface area contributed by atoms with Crippen molar-refractivity contribution in [2.24, 2.45) is 5.92 Å². The highest BCUT2D eigenvalue weighted by atomic mass is 16.5. The Labute approximate surface area is 103 Å². The van der Waals surface area contributed by atoms with Gasteiger partial charge in [-0.15, -0.1) is 0 Å². The van der Waals surface area contributed by atoms with Gasteiger partial charge in [0.05, 0.1) is 6.10 Å². The highest BCUT2D eigenvalue weighted by Gasteiger charge is 2.05. The fraction of sp³-hybridized carbons (Fsp3) is 0.833. The highest BCUT2D eigenvalue weighted by molar-refractivity contribution is 5.78. The second kappa shape index (κ2) is 8.98. The van der Waals surface area contributed by atoms with E-state index in [1.54, 1.807) is 0 Å². The van der Waals surface area contributed by atoms with Crippen LogP contribution in [-0.4, -0.2) is 37.6 Å². The maximum atomic E-state index is 11.2. The predicted molar refractivity (Wildman–Crippen MR) is 66.6 cm³/mol. The number of nitrogens with one attached hydrogen (secondary N) is 2. The monoisotopic (exact) mass is 244 g/mol. The molecule has 0 aromatic heterocycles.